The number of hydrogen-bond acceptors (Lipinski definition) is 6. The molecule has 0 unspecified atom stereocenters. The first-order valence-corrected chi connectivity index (χ1v) is 10.3. The average molecular weight is 406 g/mol. The van der Waals surface area contributed by atoms with Gasteiger partial charge in [0.2, 0.25) is 5.95 Å². The van der Waals surface area contributed by atoms with E-state index in [1.807, 2.05) is 12.4 Å². The van der Waals surface area contributed by atoms with Crippen LogP contribution in [-0.4, -0.2) is 31.6 Å². The predicted octanol–water partition coefficient (Wildman–Crippen LogP) is 3.48. The quantitative estimate of drug-likeness (QED) is 0.652. The van der Waals surface area contributed by atoms with Gasteiger partial charge in [-0.3, -0.25) is 9.36 Å². The highest BCUT2D eigenvalue weighted by Gasteiger charge is 2.27. The highest BCUT2D eigenvalue weighted by atomic mass is 19.1. The Morgan fingerprint density at radius 2 is 1.73 bits per heavy atom. The summed E-state index contributed by atoms with van der Waals surface area (Å²) in [6.07, 6.45) is 12.1. The summed E-state index contributed by atoms with van der Waals surface area (Å²) in [6.45, 7) is 0. The number of anilines is 2. The topological polar surface area (TPSA) is 84.7 Å². The standard InChI is InChI=1S/C22H23FN6O/c23-19-10-18(29-8-2-1-3-20(29)30)13-24-21(19)27-16-6-7-17(9-16)28-22-25-11-15(12-26-22)14-4-5-14/h1-3,8,10-14,16-17H,4-7,9H2,(H,24,27)(H,25,26,28)/t16-,17-/m0/s1. The maximum absolute atomic E-state index is 14.6. The number of hydrogen-bond donors (Lipinski definition) is 2. The van der Waals surface area contributed by atoms with Crippen molar-refractivity contribution in [3.8, 4) is 5.69 Å². The second kappa shape index (κ2) is 7.85. The van der Waals surface area contributed by atoms with Crippen LogP contribution in [0.5, 0.6) is 0 Å². The van der Waals surface area contributed by atoms with Gasteiger partial charge in [0.15, 0.2) is 11.6 Å². The summed E-state index contributed by atoms with van der Waals surface area (Å²) in [5, 5.41) is 6.58. The Hall–Kier alpha value is -3.29. The van der Waals surface area contributed by atoms with E-state index in [2.05, 4.69) is 25.6 Å². The van der Waals surface area contributed by atoms with Gasteiger partial charge in [0.1, 0.15) is 0 Å². The summed E-state index contributed by atoms with van der Waals surface area (Å²) < 4.78 is 16.0. The first-order chi connectivity index (χ1) is 14.7. The molecule has 3 aromatic heterocycles. The summed E-state index contributed by atoms with van der Waals surface area (Å²) in [5.41, 5.74) is 1.40. The Kier molecular flexibility index (Phi) is 4.90. The second-order valence-electron chi connectivity index (χ2n) is 8.04. The Balaban J connectivity index is 1.20. The molecule has 154 valence electrons. The van der Waals surface area contributed by atoms with Gasteiger partial charge in [-0.2, -0.15) is 0 Å². The van der Waals surface area contributed by atoms with Gasteiger partial charge in [0, 0.05) is 42.8 Å². The van der Waals surface area contributed by atoms with Crippen LogP contribution < -0.4 is 16.2 Å². The van der Waals surface area contributed by atoms with E-state index in [-0.39, 0.29) is 23.5 Å². The van der Waals surface area contributed by atoms with Gasteiger partial charge in [-0.05, 0) is 49.7 Å². The predicted molar refractivity (Wildman–Crippen MR) is 112 cm³/mol. The van der Waals surface area contributed by atoms with Crippen molar-refractivity contribution in [3.63, 3.8) is 0 Å². The van der Waals surface area contributed by atoms with Gasteiger partial charge in [-0.25, -0.2) is 19.3 Å². The number of pyridine rings is 2. The fourth-order valence-corrected chi connectivity index (χ4v) is 3.97. The molecule has 0 spiro atoms. The lowest BCUT2D eigenvalue weighted by atomic mass is 10.2. The van der Waals surface area contributed by atoms with Crippen LogP contribution in [0, 0.1) is 5.82 Å². The Labute approximate surface area is 173 Å². The van der Waals surface area contributed by atoms with Crippen molar-refractivity contribution in [2.24, 2.45) is 0 Å². The molecule has 30 heavy (non-hydrogen) atoms. The number of halogens is 1. The zero-order valence-corrected chi connectivity index (χ0v) is 16.5. The molecule has 0 radical (unpaired) electrons. The van der Waals surface area contributed by atoms with Crippen molar-refractivity contribution >= 4 is 11.8 Å². The van der Waals surface area contributed by atoms with Crippen LogP contribution in [0.4, 0.5) is 16.2 Å². The van der Waals surface area contributed by atoms with Crippen molar-refractivity contribution in [2.75, 3.05) is 10.6 Å². The largest absolute Gasteiger partial charge is 0.365 e. The number of aromatic nitrogens is 4. The maximum Gasteiger partial charge on any atom is 0.255 e. The summed E-state index contributed by atoms with van der Waals surface area (Å²) in [6, 6.07) is 6.48. The number of nitrogens with one attached hydrogen (secondary N) is 2. The fraction of sp³-hybridized carbons (Fsp3) is 0.364. The lowest BCUT2D eigenvalue weighted by Gasteiger charge is -2.16. The normalized spacial score (nSPS) is 20.8. The van der Waals surface area contributed by atoms with Gasteiger partial charge in [0.05, 0.1) is 11.9 Å². The third-order valence-corrected chi connectivity index (χ3v) is 5.75. The molecule has 0 saturated heterocycles. The summed E-state index contributed by atoms with van der Waals surface area (Å²) in [4.78, 5) is 25.0. The van der Waals surface area contributed by atoms with Gasteiger partial charge in [-0.15, -0.1) is 0 Å². The number of nitrogens with zero attached hydrogens (tertiary/aromatic N) is 4. The minimum Gasteiger partial charge on any atom is -0.365 e. The van der Waals surface area contributed by atoms with E-state index in [4.69, 9.17) is 0 Å². The first-order valence-electron chi connectivity index (χ1n) is 10.3. The summed E-state index contributed by atoms with van der Waals surface area (Å²) in [7, 11) is 0. The molecule has 2 atom stereocenters. The van der Waals surface area contributed by atoms with Gasteiger partial charge < -0.3 is 10.6 Å². The van der Waals surface area contributed by atoms with E-state index in [1.54, 1.807) is 18.3 Å². The Morgan fingerprint density at radius 3 is 2.43 bits per heavy atom. The summed E-state index contributed by atoms with van der Waals surface area (Å²) in [5.74, 6) is 1.03. The van der Waals surface area contributed by atoms with Gasteiger partial charge in [0.25, 0.3) is 5.56 Å². The molecule has 0 bridgehead atoms. The molecule has 8 heteroatoms. The first kappa shape index (κ1) is 18.7. The monoisotopic (exact) mass is 406 g/mol. The van der Waals surface area contributed by atoms with Crippen molar-refractivity contribution in [1.82, 2.24) is 19.5 Å². The molecule has 3 aromatic rings. The van der Waals surface area contributed by atoms with Gasteiger partial charge >= 0.3 is 0 Å². The van der Waals surface area contributed by atoms with Crippen molar-refractivity contribution in [1.29, 1.82) is 0 Å². The van der Waals surface area contributed by atoms with Crippen molar-refractivity contribution < 1.29 is 4.39 Å². The molecule has 2 aliphatic carbocycles. The molecular formula is C22H23FN6O. The van der Waals surface area contributed by atoms with Crippen LogP contribution in [-0.2, 0) is 0 Å². The van der Waals surface area contributed by atoms with Crippen LogP contribution in [0.25, 0.3) is 5.69 Å². The van der Waals surface area contributed by atoms with E-state index in [9.17, 15) is 9.18 Å². The molecule has 7 nitrogen and oxygen atoms in total. The maximum atomic E-state index is 14.6. The van der Waals surface area contributed by atoms with Gasteiger partial charge in [-0.1, -0.05) is 6.07 Å². The smallest absolute Gasteiger partial charge is 0.255 e. The fourth-order valence-electron chi connectivity index (χ4n) is 3.97. The van der Waals surface area contributed by atoms with E-state index in [0.717, 1.165) is 19.3 Å². The minimum atomic E-state index is -0.473. The Morgan fingerprint density at radius 1 is 0.967 bits per heavy atom. The molecule has 2 N–H and O–H groups in total. The third-order valence-electron chi connectivity index (χ3n) is 5.75. The van der Waals surface area contributed by atoms with Crippen LogP contribution in [0.1, 0.15) is 43.6 Å². The van der Waals surface area contributed by atoms with E-state index in [0.29, 0.717) is 17.6 Å². The molecule has 2 aliphatic rings. The third kappa shape index (κ3) is 4.03. The van der Waals surface area contributed by atoms with Crippen LogP contribution in [0.3, 0.4) is 0 Å². The lowest BCUT2D eigenvalue weighted by Crippen LogP contribution is -2.22. The van der Waals surface area contributed by atoms with Crippen LogP contribution in [0.2, 0.25) is 0 Å². The van der Waals surface area contributed by atoms with Crippen LogP contribution in [0.15, 0.2) is 53.8 Å². The second-order valence-corrected chi connectivity index (χ2v) is 8.04. The molecule has 5 rings (SSSR count). The Bertz CT molecular complexity index is 1100. The highest BCUT2D eigenvalue weighted by molar-refractivity contribution is 5.44. The highest BCUT2D eigenvalue weighted by Crippen LogP contribution is 2.39. The van der Waals surface area contributed by atoms with E-state index in [1.165, 1.54) is 41.3 Å². The zero-order chi connectivity index (χ0) is 20.5. The average Bonchev–Trinajstić information content (AvgIpc) is 3.51. The molecular weight excluding hydrogens is 383 g/mol. The van der Waals surface area contributed by atoms with Crippen LogP contribution >= 0.6 is 0 Å². The molecule has 3 heterocycles. The van der Waals surface area contributed by atoms with Crippen molar-refractivity contribution in [3.05, 3.63) is 70.8 Å². The summed E-state index contributed by atoms with van der Waals surface area (Å²) >= 11 is 0. The molecule has 2 saturated carbocycles. The van der Waals surface area contributed by atoms with Crippen molar-refractivity contribution in [2.45, 2.75) is 50.1 Å². The molecule has 0 aliphatic heterocycles. The van der Waals surface area contributed by atoms with E-state index >= 15 is 0 Å². The number of rotatable bonds is 6. The minimum absolute atomic E-state index is 0.112. The van der Waals surface area contributed by atoms with E-state index < -0.39 is 5.82 Å². The molecule has 0 amide bonds. The zero-order valence-electron chi connectivity index (χ0n) is 16.5. The lowest BCUT2D eigenvalue weighted by molar-refractivity contribution is 0.615. The molecule has 2 fully saturated rings. The SMILES string of the molecule is O=c1ccccn1-c1cnc(N[C@H]2CC[C@H](Nc3ncc(C4CC4)cn3)C2)c(F)c1. The molecule has 0 aromatic carbocycles.